The molecule has 0 saturated carbocycles. The van der Waals surface area contributed by atoms with Gasteiger partial charge in [-0.2, -0.15) is 0 Å². The molecule has 1 aliphatic carbocycles. The molecule has 0 radical (unpaired) electrons. The molecule has 2 rings (SSSR count). The van der Waals surface area contributed by atoms with Gasteiger partial charge in [0.15, 0.2) is 0 Å². The molecular weight excluding hydrogens is 136 g/mol. The van der Waals surface area contributed by atoms with Crippen molar-refractivity contribution in [1.29, 1.82) is 0 Å². The summed E-state index contributed by atoms with van der Waals surface area (Å²) < 4.78 is 0. The molecule has 1 heterocycles. The summed E-state index contributed by atoms with van der Waals surface area (Å²) in [4.78, 5) is 4.04. The van der Waals surface area contributed by atoms with E-state index in [2.05, 4.69) is 11.1 Å². The van der Waals surface area contributed by atoms with E-state index < -0.39 is 0 Å². The predicted octanol–water partition coefficient (Wildman–Crippen LogP) is 1.37. The Morgan fingerprint density at radius 1 is 1.45 bits per heavy atom. The van der Waals surface area contributed by atoms with Crippen LogP contribution in [0, 0.1) is 5.92 Å². The maximum atomic E-state index is 5.68. The van der Waals surface area contributed by atoms with Gasteiger partial charge in [-0.25, -0.2) is 0 Å². The van der Waals surface area contributed by atoms with E-state index in [4.69, 9.17) is 5.73 Å². The number of aliphatic imine (C=N–C) groups is 1. The standard InChI is InChI=1S/C9H10N2/c10-9-2-1-8-6-11-4-3-7(8)5-9/h1-4,6-7H,5,10H2. The maximum absolute atomic E-state index is 5.68. The molecule has 0 saturated heterocycles. The second kappa shape index (κ2) is 2.38. The average molecular weight is 146 g/mol. The summed E-state index contributed by atoms with van der Waals surface area (Å²) in [6.07, 6.45) is 10.8. The van der Waals surface area contributed by atoms with Gasteiger partial charge in [0.05, 0.1) is 0 Å². The SMILES string of the molecule is NC1=CC=C2C=NC=CC2C1. The molecule has 0 bridgehead atoms. The molecule has 0 spiro atoms. The third-order valence-corrected chi connectivity index (χ3v) is 2.00. The quantitative estimate of drug-likeness (QED) is 0.550. The van der Waals surface area contributed by atoms with Gasteiger partial charge < -0.3 is 5.73 Å². The van der Waals surface area contributed by atoms with Crippen LogP contribution in [0.3, 0.4) is 0 Å². The number of nitrogens with two attached hydrogens (primary N) is 1. The van der Waals surface area contributed by atoms with Crippen LogP contribution in [0.1, 0.15) is 6.42 Å². The van der Waals surface area contributed by atoms with Crippen LogP contribution < -0.4 is 5.73 Å². The van der Waals surface area contributed by atoms with Crippen molar-refractivity contribution in [2.75, 3.05) is 0 Å². The summed E-state index contributed by atoms with van der Waals surface area (Å²) in [5.41, 5.74) is 7.90. The van der Waals surface area contributed by atoms with Crippen molar-refractivity contribution >= 4 is 6.21 Å². The third-order valence-electron chi connectivity index (χ3n) is 2.00. The van der Waals surface area contributed by atoms with Gasteiger partial charge in [0.25, 0.3) is 0 Å². The van der Waals surface area contributed by atoms with E-state index in [1.54, 1.807) is 0 Å². The minimum absolute atomic E-state index is 0.470. The van der Waals surface area contributed by atoms with Gasteiger partial charge in [-0.05, 0) is 18.1 Å². The van der Waals surface area contributed by atoms with Crippen molar-refractivity contribution < 1.29 is 0 Å². The highest BCUT2D eigenvalue weighted by Gasteiger charge is 2.15. The summed E-state index contributed by atoms with van der Waals surface area (Å²) >= 11 is 0. The van der Waals surface area contributed by atoms with E-state index in [-0.39, 0.29) is 0 Å². The van der Waals surface area contributed by atoms with E-state index in [0.717, 1.165) is 12.1 Å². The molecule has 0 aromatic heterocycles. The Bertz CT molecular complexity index is 282. The monoisotopic (exact) mass is 146 g/mol. The van der Waals surface area contributed by atoms with Gasteiger partial charge in [-0.15, -0.1) is 0 Å². The Morgan fingerprint density at radius 3 is 3.27 bits per heavy atom. The number of nitrogens with zero attached hydrogens (tertiary/aromatic N) is 1. The molecule has 2 heteroatoms. The minimum atomic E-state index is 0.470. The molecular formula is C9H10N2. The smallest absolute Gasteiger partial charge is 0.0305 e. The fourth-order valence-corrected chi connectivity index (χ4v) is 1.37. The number of hydrogen-bond acceptors (Lipinski definition) is 2. The van der Waals surface area contributed by atoms with E-state index in [0.29, 0.717) is 5.92 Å². The van der Waals surface area contributed by atoms with Crippen LogP contribution in [0.15, 0.2) is 40.7 Å². The highest BCUT2D eigenvalue weighted by Crippen LogP contribution is 2.24. The Balaban J connectivity index is 2.33. The first kappa shape index (κ1) is 6.40. The zero-order valence-electron chi connectivity index (χ0n) is 6.20. The molecule has 1 aliphatic heterocycles. The van der Waals surface area contributed by atoms with E-state index in [9.17, 15) is 0 Å². The largest absolute Gasteiger partial charge is 0.402 e. The average Bonchev–Trinajstić information content (AvgIpc) is 2.04. The maximum Gasteiger partial charge on any atom is 0.0305 e. The highest BCUT2D eigenvalue weighted by molar-refractivity contribution is 5.82. The molecule has 2 N–H and O–H groups in total. The molecule has 1 unspecified atom stereocenters. The summed E-state index contributed by atoms with van der Waals surface area (Å²) in [5.74, 6) is 0.470. The van der Waals surface area contributed by atoms with E-state index in [1.165, 1.54) is 5.57 Å². The fourth-order valence-electron chi connectivity index (χ4n) is 1.37. The van der Waals surface area contributed by atoms with Crippen molar-refractivity contribution in [3.63, 3.8) is 0 Å². The molecule has 0 aromatic carbocycles. The summed E-state index contributed by atoms with van der Waals surface area (Å²) in [6.45, 7) is 0. The van der Waals surface area contributed by atoms with Crippen molar-refractivity contribution in [2.45, 2.75) is 6.42 Å². The van der Waals surface area contributed by atoms with Crippen LogP contribution in [-0.4, -0.2) is 6.21 Å². The van der Waals surface area contributed by atoms with Gasteiger partial charge in [0.2, 0.25) is 0 Å². The van der Waals surface area contributed by atoms with Gasteiger partial charge >= 0.3 is 0 Å². The Kier molecular flexibility index (Phi) is 1.39. The van der Waals surface area contributed by atoms with Crippen LogP contribution in [0.5, 0.6) is 0 Å². The lowest BCUT2D eigenvalue weighted by atomic mass is 9.89. The first-order valence-corrected chi connectivity index (χ1v) is 3.72. The molecule has 1 atom stereocenters. The molecule has 0 amide bonds. The predicted molar refractivity (Wildman–Crippen MR) is 46.1 cm³/mol. The van der Waals surface area contributed by atoms with Gasteiger partial charge in [0, 0.05) is 24.0 Å². The van der Waals surface area contributed by atoms with Gasteiger partial charge in [-0.3, -0.25) is 4.99 Å². The summed E-state index contributed by atoms with van der Waals surface area (Å²) in [6, 6.07) is 0. The van der Waals surface area contributed by atoms with Crippen molar-refractivity contribution in [3.8, 4) is 0 Å². The molecule has 0 aromatic rings. The Hall–Kier alpha value is -1.31. The van der Waals surface area contributed by atoms with Gasteiger partial charge in [0.1, 0.15) is 0 Å². The van der Waals surface area contributed by atoms with E-state index >= 15 is 0 Å². The second-order valence-electron chi connectivity index (χ2n) is 2.84. The van der Waals surface area contributed by atoms with E-state index in [1.807, 2.05) is 24.6 Å². The number of rotatable bonds is 0. The first-order valence-electron chi connectivity index (χ1n) is 3.72. The summed E-state index contributed by atoms with van der Waals surface area (Å²) in [7, 11) is 0. The Labute approximate surface area is 65.8 Å². The number of allylic oxidation sites excluding steroid dienone is 5. The van der Waals surface area contributed by atoms with Crippen LogP contribution in [0.2, 0.25) is 0 Å². The third kappa shape index (κ3) is 1.11. The van der Waals surface area contributed by atoms with Crippen LogP contribution in [0.4, 0.5) is 0 Å². The topological polar surface area (TPSA) is 38.4 Å². The first-order chi connectivity index (χ1) is 5.36. The highest BCUT2D eigenvalue weighted by atomic mass is 14.7. The van der Waals surface area contributed by atoms with Gasteiger partial charge in [-0.1, -0.05) is 12.2 Å². The van der Waals surface area contributed by atoms with Crippen molar-refractivity contribution in [2.24, 2.45) is 16.6 Å². The molecule has 2 nitrogen and oxygen atoms in total. The molecule has 0 fully saturated rings. The van der Waals surface area contributed by atoms with Crippen molar-refractivity contribution in [1.82, 2.24) is 0 Å². The number of fused-ring (bicyclic) bond motifs is 1. The molecule has 56 valence electrons. The Morgan fingerprint density at radius 2 is 2.36 bits per heavy atom. The van der Waals surface area contributed by atoms with Crippen LogP contribution >= 0.6 is 0 Å². The molecule has 2 aliphatic rings. The molecule has 11 heavy (non-hydrogen) atoms. The van der Waals surface area contributed by atoms with Crippen molar-refractivity contribution in [3.05, 3.63) is 35.7 Å². The number of hydrogen-bond donors (Lipinski definition) is 1. The summed E-state index contributed by atoms with van der Waals surface area (Å²) in [5, 5.41) is 0. The second-order valence-corrected chi connectivity index (χ2v) is 2.84. The van der Waals surface area contributed by atoms with Crippen LogP contribution in [0.25, 0.3) is 0 Å². The lowest BCUT2D eigenvalue weighted by Crippen LogP contribution is -2.13. The fraction of sp³-hybridized carbons (Fsp3) is 0.222. The lowest BCUT2D eigenvalue weighted by Gasteiger charge is -2.19. The zero-order valence-corrected chi connectivity index (χ0v) is 6.20. The zero-order chi connectivity index (χ0) is 7.68. The minimum Gasteiger partial charge on any atom is -0.402 e. The normalized spacial score (nSPS) is 27.5. The van der Waals surface area contributed by atoms with Crippen LogP contribution in [-0.2, 0) is 0 Å². The lowest BCUT2D eigenvalue weighted by molar-refractivity contribution is 0.748.